The zero-order valence-electron chi connectivity index (χ0n) is 17.4. The SMILES string of the molecule is CCOc1ccccc1NC(=O)[C@@H](C)N1CCN(c2cccc(C)c2C)CC1. The molecule has 1 fully saturated rings. The van der Waals surface area contributed by atoms with E-state index in [0.717, 1.165) is 31.9 Å². The maximum absolute atomic E-state index is 12.8. The Morgan fingerprint density at radius 3 is 2.50 bits per heavy atom. The molecule has 5 nitrogen and oxygen atoms in total. The summed E-state index contributed by atoms with van der Waals surface area (Å²) in [6, 6.07) is 13.9. The minimum Gasteiger partial charge on any atom is -0.492 e. The number of ether oxygens (including phenoxy) is 1. The predicted octanol–water partition coefficient (Wildman–Crippen LogP) is 3.85. The Bertz CT molecular complexity index is 813. The quantitative estimate of drug-likeness (QED) is 0.825. The topological polar surface area (TPSA) is 44.8 Å². The summed E-state index contributed by atoms with van der Waals surface area (Å²) in [6.07, 6.45) is 0. The normalized spacial score (nSPS) is 15.9. The van der Waals surface area contributed by atoms with Crippen LogP contribution in [-0.4, -0.2) is 49.6 Å². The van der Waals surface area contributed by atoms with E-state index in [1.54, 1.807) is 0 Å². The number of anilines is 2. The van der Waals surface area contributed by atoms with Gasteiger partial charge in [-0.15, -0.1) is 0 Å². The largest absolute Gasteiger partial charge is 0.492 e. The van der Waals surface area contributed by atoms with Gasteiger partial charge in [-0.25, -0.2) is 0 Å². The highest BCUT2D eigenvalue weighted by Gasteiger charge is 2.26. The Balaban J connectivity index is 1.60. The van der Waals surface area contributed by atoms with Gasteiger partial charge >= 0.3 is 0 Å². The van der Waals surface area contributed by atoms with Gasteiger partial charge in [0.1, 0.15) is 5.75 Å². The van der Waals surface area contributed by atoms with Crippen LogP contribution in [0.15, 0.2) is 42.5 Å². The molecule has 0 unspecified atom stereocenters. The fourth-order valence-electron chi connectivity index (χ4n) is 3.68. The second-order valence-electron chi connectivity index (χ2n) is 7.34. The van der Waals surface area contributed by atoms with E-state index in [1.807, 2.05) is 38.1 Å². The summed E-state index contributed by atoms with van der Waals surface area (Å²) < 4.78 is 5.61. The van der Waals surface area contributed by atoms with E-state index in [1.165, 1.54) is 16.8 Å². The van der Waals surface area contributed by atoms with Gasteiger partial charge in [-0.3, -0.25) is 9.69 Å². The molecular weight excluding hydrogens is 350 g/mol. The molecule has 1 heterocycles. The fraction of sp³-hybridized carbons (Fsp3) is 0.435. The average molecular weight is 382 g/mol. The minimum atomic E-state index is -0.185. The number of aryl methyl sites for hydroxylation is 1. The van der Waals surface area contributed by atoms with Crippen molar-refractivity contribution < 1.29 is 9.53 Å². The highest BCUT2D eigenvalue weighted by molar-refractivity contribution is 5.95. The summed E-state index contributed by atoms with van der Waals surface area (Å²) >= 11 is 0. The number of rotatable bonds is 6. The third-order valence-electron chi connectivity index (χ3n) is 5.60. The molecule has 2 aromatic rings. The Kier molecular flexibility index (Phi) is 6.57. The molecule has 1 atom stereocenters. The number of amides is 1. The molecule has 0 aliphatic carbocycles. The molecule has 0 bridgehead atoms. The summed E-state index contributed by atoms with van der Waals surface area (Å²) in [4.78, 5) is 17.5. The molecule has 150 valence electrons. The van der Waals surface area contributed by atoms with Crippen molar-refractivity contribution >= 4 is 17.3 Å². The van der Waals surface area contributed by atoms with Crippen molar-refractivity contribution in [3.05, 3.63) is 53.6 Å². The van der Waals surface area contributed by atoms with Gasteiger partial charge in [0.05, 0.1) is 18.3 Å². The third-order valence-corrected chi connectivity index (χ3v) is 5.60. The number of para-hydroxylation sites is 2. The highest BCUT2D eigenvalue weighted by atomic mass is 16.5. The fourth-order valence-corrected chi connectivity index (χ4v) is 3.68. The average Bonchev–Trinajstić information content (AvgIpc) is 2.71. The number of carbonyl (C=O) groups is 1. The van der Waals surface area contributed by atoms with Gasteiger partial charge in [0.15, 0.2) is 0 Å². The van der Waals surface area contributed by atoms with Crippen LogP contribution >= 0.6 is 0 Å². The molecule has 0 saturated carbocycles. The van der Waals surface area contributed by atoms with Crippen LogP contribution in [0.3, 0.4) is 0 Å². The van der Waals surface area contributed by atoms with Crippen molar-refractivity contribution in [2.75, 3.05) is 43.0 Å². The van der Waals surface area contributed by atoms with Crippen LogP contribution in [-0.2, 0) is 4.79 Å². The van der Waals surface area contributed by atoms with Crippen molar-refractivity contribution in [2.24, 2.45) is 0 Å². The zero-order valence-corrected chi connectivity index (χ0v) is 17.4. The summed E-state index contributed by atoms with van der Waals surface area (Å²) in [5.74, 6) is 0.720. The maximum Gasteiger partial charge on any atom is 0.241 e. The molecule has 28 heavy (non-hydrogen) atoms. The van der Waals surface area contributed by atoms with Gasteiger partial charge in [0.25, 0.3) is 0 Å². The smallest absolute Gasteiger partial charge is 0.241 e. The first-order valence-corrected chi connectivity index (χ1v) is 10.1. The van der Waals surface area contributed by atoms with Crippen LogP contribution in [0, 0.1) is 13.8 Å². The molecule has 0 spiro atoms. The third kappa shape index (κ3) is 4.47. The summed E-state index contributed by atoms with van der Waals surface area (Å²) in [5, 5.41) is 3.03. The number of nitrogens with one attached hydrogen (secondary N) is 1. The van der Waals surface area contributed by atoms with Crippen molar-refractivity contribution in [1.29, 1.82) is 0 Å². The zero-order chi connectivity index (χ0) is 20.1. The molecule has 0 aromatic heterocycles. The Morgan fingerprint density at radius 2 is 1.79 bits per heavy atom. The van der Waals surface area contributed by atoms with Crippen LogP contribution in [0.25, 0.3) is 0 Å². The molecule has 1 N–H and O–H groups in total. The first-order chi connectivity index (χ1) is 13.5. The number of benzene rings is 2. The Morgan fingerprint density at radius 1 is 1.07 bits per heavy atom. The summed E-state index contributed by atoms with van der Waals surface area (Å²) in [5.41, 5.74) is 4.70. The second kappa shape index (κ2) is 9.11. The van der Waals surface area contributed by atoms with Crippen LogP contribution in [0.1, 0.15) is 25.0 Å². The number of carbonyl (C=O) groups excluding carboxylic acids is 1. The van der Waals surface area contributed by atoms with E-state index in [-0.39, 0.29) is 11.9 Å². The van der Waals surface area contributed by atoms with Crippen LogP contribution < -0.4 is 15.0 Å². The minimum absolute atomic E-state index is 0.00680. The molecule has 5 heteroatoms. The lowest BCUT2D eigenvalue weighted by molar-refractivity contribution is -0.120. The maximum atomic E-state index is 12.8. The van der Waals surface area contributed by atoms with E-state index in [0.29, 0.717) is 12.4 Å². The van der Waals surface area contributed by atoms with Gasteiger partial charge in [-0.05, 0) is 57.0 Å². The van der Waals surface area contributed by atoms with Gasteiger partial charge in [0.2, 0.25) is 5.91 Å². The lowest BCUT2D eigenvalue weighted by Crippen LogP contribution is -2.53. The van der Waals surface area contributed by atoms with Crippen molar-refractivity contribution in [3.8, 4) is 5.75 Å². The monoisotopic (exact) mass is 381 g/mol. The van der Waals surface area contributed by atoms with Gasteiger partial charge in [0, 0.05) is 31.9 Å². The van der Waals surface area contributed by atoms with E-state index in [9.17, 15) is 4.79 Å². The van der Waals surface area contributed by atoms with Crippen molar-refractivity contribution in [1.82, 2.24) is 4.90 Å². The first-order valence-electron chi connectivity index (χ1n) is 10.1. The number of piperazine rings is 1. The number of nitrogens with zero attached hydrogens (tertiary/aromatic N) is 2. The molecule has 1 amide bonds. The van der Waals surface area contributed by atoms with Crippen LogP contribution in [0.4, 0.5) is 11.4 Å². The summed E-state index contributed by atoms with van der Waals surface area (Å²) in [6.45, 7) is 12.4. The van der Waals surface area contributed by atoms with Gasteiger partial charge < -0.3 is 15.0 Å². The second-order valence-corrected chi connectivity index (χ2v) is 7.34. The van der Waals surface area contributed by atoms with E-state index in [4.69, 9.17) is 4.74 Å². The van der Waals surface area contributed by atoms with Crippen LogP contribution in [0.5, 0.6) is 5.75 Å². The standard InChI is InChI=1S/C23H31N3O2/c1-5-28-22-12-7-6-10-20(22)24-23(27)19(4)25-13-15-26(16-14-25)21-11-8-9-17(2)18(21)3/h6-12,19H,5,13-16H2,1-4H3,(H,24,27)/t19-/m1/s1. The molecule has 0 radical (unpaired) electrons. The van der Waals surface area contributed by atoms with E-state index >= 15 is 0 Å². The highest BCUT2D eigenvalue weighted by Crippen LogP contribution is 2.26. The predicted molar refractivity (Wildman–Crippen MR) is 115 cm³/mol. The lowest BCUT2D eigenvalue weighted by Gasteiger charge is -2.39. The number of hydrogen-bond donors (Lipinski definition) is 1. The van der Waals surface area contributed by atoms with Crippen molar-refractivity contribution in [3.63, 3.8) is 0 Å². The molecule has 1 aliphatic rings. The van der Waals surface area contributed by atoms with E-state index < -0.39 is 0 Å². The van der Waals surface area contributed by atoms with E-state index in [2.05, 4.69) is 47.2 Å². The Labute approximate surface area is 168 Å². The van der Waals surface area contributed by atoms with Gasteiger partial charge in [-0.1, -0.05) is 24.3 Å². The molecular formula is C23H31N3O2. The Hall–Kier alpha value is -2.53. The lowest BCUT2D eigenvalue weighted by atomic mass is 10.1. The van der Waals surface area contributed by atoms with Crippen LogP contribution in [0.2, 0.25) is 0 Å². The summed E-state index contributed by atoms with van der Waals surface area (Å²) in [7, 11) is 0. The number of hydrogen-bond acceptors (Lipinski definition) is 4. The first kappa shape index (κ1) is 20.2. The molecule has 2 aromatic carbocycles. The molecule has 3 rings (SSSR count). The van der Waals surface area contributed by atoms with Gasteiger partial charge in [-0.2, -0.15) is 0 Å². The molecule has 1 aliphatic heterocycles. The van der Waals surface area contributed by atoms with Crippen molar-refractivity contribution in [2.45, 2.75) is 33.7 Å². The molecule has 1 saturated heterocycles.